The fraction of sp³-hybridized carbons (Fsp3) is 0.118. The van der Waals surface area contributed by atoms with Gasteiger partial charge in [0.15, 0.2) is 0 Å². The molecule has 0 aliphatic heterocycles. The maximum absolute atomic E-state index is 6.17. The Balaban J connectivity index is 1.71. The molecule has 0 bridgehead atoms. The summed E-state index contributed by atoms with van der Waals surface area (Å²) in [4.78, 5) is 5.81. The molecule has 0 saturated heterocycles. The molecule has 0 radical (unpaired) electrons. The Morgan fingerprint density at radius 3 is 2.62 bits per heavy atom. The van der Waals surface area contributed by atoms with E-state index in [4.69, 9.17) is 16.6 Å². The van der Waals surface area contributed by atoms with Crippen LogP contribution in [0, 0.1) is 6.92 Å². The summed E-state index contributed by atoms with van der Waals surface area (Å²) in [6, 6.07) is 16.4. The summed E-state index contributed by atoms with van der Waals surface area (Å²) in [5.74, 6) is 0.839. The number of thiazole rings is 1. The molecule has 0 aliphatic carbocycles. The van der Waals surface area contributed by atoms with E-state index < -0.39 is 0 Å². The molecule has 21 heavy (non-hydrogen) atoms. The lowest BCUT2D eigenvalue weighted by atomic mass is 10.2. The molecule has 1 heterocycles. The second-order valence-corrected chi connectivity index (χ2v) is 7.01. The third-order valence-corrected chi connectivity index (χ3v) is 5.55. The molecule has 0 amide bonds. The van der Waals surface area contributed by atoms with Crippen LogP contribution in [0.4, 0.5) is 0 Å². The zero-order chi connectivity index (χ0) is 14.7. The van der Waals surface area contributed by atoms with Crippen LogP contribution in [0.5, 0.6) is 0 Å². The molecule has 0 aliphatic rings. The highest BCUT2D eigenvalue weighted by atomic mass is 35.5. The number of nitrogens with zero attached hydrogens (tertiary/aromatic N) is 1. The van der Waals surface area contributed by atoms with Crippen molar-refractivity contribution in [2.24, 2.45) is 0 Å². The van der Waals surface area contributed by atoms with E-state index >= 15 is 0 Å². The molecule has 0 atom stereocenters. The minimum atomic E-state index is 0.802. The van der Waals surface area contributed by atoms with Crippen LogP contribution in [0.3, 0.4) is 0 Å². The van der Waals surface area contributed by atoms with Gasteiger partial charge in [-0.25, -0.2) is 4.98 Å². The molecule has 2 aromatic carbocycles. The molecule has 3 aromatic rings. The minimum absolute atomic E-state index is 0.802. The van der Waals surface area contributed by atoms with Crippen molar-refractivity contribution in [3.8, 4) is 10.6 Å². The Hall–Kier alpha value is -1.29. The van der Waals surface area contributed by atoms with Crippen molar-refractivity contribution in [1.29, 1.82) is 0 Å². The Labute approximate surface area is 138 Å². The van der Waals surface area contributed by atoms with Gasteiger partial charge < -0.3 is 0 Å². The number of rotatable bonds is 4. The van der Waals surface area contributed by atoms with E-state index in [9.17, 15) is 0 Å². The van der Waals surface area contributed by atoms with Gasteiger partial charge in [0.25, 0.3) is 0 Å². The second-order valence-electron chi connectivity index (χ2n) is 4.73. The van der Waals surface area contributed by atoms with Crippen molar-refractivity contribution in [3.05, 3.63) is 70.2 Å². The van der Waals surface area contributed by atoms with E-state index in [0.717, 1.165) is 26.4 Å². The van der Waals surface area contributed by atoms with E-state index in [1.165, 1.54) is 11.1 Å². The Morgan fingerprint density at radius 1 is 1.10 bits per heavy atom. The van der Waals surface area contributed by atoms with Gasteiger partial charge in [0, 0.05) is 21.6 Å². The van der Waals surface area contributed by atoms with Gasteiger partial charge in [-0.15, -0.1) is 23.1 Å². The van der Waals surface area contributed by atoms with Gasteiger partial charge in [-0.2, -0.15) is 0 Å². The van der Waals surface area contributed by atoms with Gasteiger partial charge in [-0.1, -0.05) is 53.6 Å². The molecule has 4 heteroatoms. The summed E-state index contributed by atoms with van der Waals surface area (Å²) < 4.78 is 0. The van der Waals surface area contributed by atoms with Gasteiger partial charge in [0.05, 0.1) is 10.7 Å². The SMILES string of the molecule is Cc1ccc(-c2nc(CSc3ccccc3Cl)cs2)cc1. The van der Waals surface area contributed by atoms with Gasteiger partial charge in [-0.3, -0.25) is 0 Å². The first-order chi connectivity index (χ1) is 10.2. The molecule has 0 unspecified atom stereocenters. The molecular weight excluding hydrogens is 318 g/mol. The van der Waals surface area contributed by atoms with Gasteiger partial charge in [0.2, 0.25) is 0 Å². The molecule has 0 N–H and O–H groups in total. The number of aromatic nitrogens is 1. The summed E-state index contributed by atoms with van der Waals surface area (Å²) in [6.45, 7) is 2.09. The van der Waals surface area contributed by atoms with Crippen LogP contribution in [-0.2, 0) is 5.75 Å². The quantitative estimate of drug-likeness (QED) is 0.538. The van der Waals surface area contributed by atoms with Crippen LogP contribution in [0.25, 0.3) is 10.6 Å². The fourth-order valence-electron chi connectivity index (χ4n) is 1.92. The number of hydrogen-bond acceptors (Lipinski definition) is 3. The summed E-state index contributed by atoms with van der Waals surface area (Å²) in [7, 11) is 0. The average molecular weight is 332 g/mol. The van der Waals surface area contributed by atoms with Crippen molar-refractivity contribution in [2.75, 3.05) is 0 Å². The van der Waals surface area contributed by atoms with Crippen LogP contribution < -0.4 is 0 Å². The van der Waals surface area contributed by atoms with Crippen molar-refractivity contribution in [3.63, 3.8) is 0 Å². The van der Waals surface area contributed by atoms with Crippen molar-refractivity contribution < 1.29 is 0 Å². The van der Waals surface area contributed by atoms with E-state index in [1.54, 1.807) is 23.1 Å². The molecule has 1 nitrogen and oxygen atoms in total. The normalized spacial score (nSPS) is 10.8. The van der Waals surface area contributed by atoms with Gasteiger partial charge >= 0.3 is 0 Å². The first-order valence-corrected chi connectivity index (χ1v) is 8.85. The molecule has 0 fully saturated rings. The molecule has 0 spiro atoms. The highest BCUT2D eigenvalue weighted by molar-refractivity contribution is 7.98. The fourth-order valence-corrected chi connectivity index (χ4v) is 3.98. The topological polar surface area (TPSA) is 12.9 Å². The predicted molar refractivity (Wildman–Crippen MR) is 93.3 cm³/mol. The first kappa shape index (κ1) is 14.6. The van der Waals surface area contributed by atoms with Crippen molar-refractivity contribution in [2.45, 2.75) is 17.6 Å². The van der Waals surface area contributed by atoms with E-state index in [0.29, 0.717) is 0 Å². The van der Waals surface area contributed by atoms with Crippen molar-refractivity contribution >= 4 is 34.7 Å². The highest BCUT2D eigenvalue weighted by Crippen LogP contribution is 2.31. The number of aryl methyl sites for hydroxylation is 1. The van der Waals surface area contributed by atoms with Crippen LogP contribution in [0.2, 0.25) is 5.02 Å². The van der Waals surface area contributed by atoms with Gasteiger partial charge in [0.1, 0.15) is 5.01 Å². The summed E-state index contributed by atoms with van der Waals surface area (Å²) in [5.41, 5.74) is 3.55. The zero-order valence-electron chi connectivity index (χ0n) is 11.5. The standard InChI is InChI=1S/C17H14ClNS2/c1-12-6-8-13(9-7-12)17-19-14(11-21-17)10-20-16-5-3-2-4-15(16)18/h2-9,11H,10H2,1H3. The van der Waals surface area contributed by atoms with Crippen LogP contribution >= 0.6 is 34.7 Å². The third kappa shape index (κ3) is 3.67. The van der Waals surface area contributed by atoms with E-state index in [2.05, 4.69) is 36.6 Å². The Bertz CT molecular complexity index is 735. The largest absolute Gasteiger partial charge is 0.240 e. The Kier molecular flexibility index (Phi) is 4.63. The van der Waals surface area contributed by atoms with Gasteiger partial charge in [-0.05, 0) is 19.1 Å². The number of benzene rings is 2. The second kappa shape index (κ2) is 6.65. The van der Waals surface area contributed by atoms with Crippen LogP contribution in [0.1, 0.15) is 11.3 Å². The van der Waals surface area contributed by atoms with E-state index in [-0.39, 0.29) is 0 Å². The number of hydrogen-bond donors (Lipinski definition) is 0. The smallest absolute Gasteiger partial charge is 0.123 e. The average Bonchev–Trinajstić information content (AvgIpc) is 2.96. The minimum Gasteiger partial charge on any atom is -0.240 e. The highest BCUT2D eigenvalue weighted by Gasteiger charge is 2.06. The number of halogens is 1. The van der Waals surface area contributed by atoms with Crippen molar-refractivity contribution in [1.82, 2.24) is 4.98 Å². The molecule has 106 valence electrons. The molecular formula is C17H14ClNS2. The molecule has 1 aromatic heterocycles. The summed E-state index contributed by atoms with van der Waals surface area (Å²) in [5, 5.41) is 4.00. The van der Waals surface area contributed by atoms with E-state index in [1.807, 2.05) is 24.3 Å². The van der Waals surface area contributed by atoms with Crippen LogP contribution in [0.15, 0.2) is 58.8 Å². The Morgan fingerprint density at radius 2 is 1.86 bits per heavy atom. The first-order valence-electron chi connectivity index (χ1n) is 6.61. The maximum atomic E-state index is 6.17. The lowest BCUT2D eigenvalue weighted by molar-refractivity contribution is 1.23. The third-order valence-electron chi connectivity index (χ3n) is 3.06. The maximum Gasteiger partial charge on any atom is 0.123 e. The monoisotopic (exact) mass is 331 g/mol. The summed E-state index contributed by atoms with van der Waals surface area (Å²) >= 11 is 9.58. The molecule has 3 rings (SSSR count). The molecule has 0 saturated carbocycles. The lowest BCUT2D eigenvalue weighted by Crippen LogP contribution is -1.83. The lowest BCUT2D eigenvalue weighted by Gasteiger charge is -2.01. The van der Waals surface area contributed by atoms with Crippen LogP contribution in [-0.4, -0.2) is 4.98 Å². The number of thioether (sulfide) groups is 1. The predicted octanol–water partition coefficient (Wildman–Crippen LogP) is 6.06. The zero-order valence-corrected chi connectivity index (χ0v) is 13.9. The summed E-state index contributed by atoms with van der Waals surface area (Å²) in [6.07, 6.45) is 0.